The number of hydrogen-bond donors (Lipinski definition) is 3. The first-order valence-corrected chi connectivity index (χ1v) is 13.8. The number of hydrogen-bond acceptors (Lipinski definition) is 7. The fourth-order valence-corrected chi connectivity index (χ4v) is 4.60. The quantitative estimate of drug-likeness (QED) is 0.226. The molecule has 1 heterocycles. The van der Waals surface area contributed by atoms with Crippen LogP contribution in [0.5, 0.6) is 0 Å². The van der Waals surface area contributed by atoms with Gasteiger partial charge in [0.05, 0.1) is 7.11 Å². The molecule has 41 heavy (non-hydrogen) atoms. The molecule has 1 aromatic rings. The Balaban J connectivity index is 2.18. The van der Waals surface area contributed by atoms with Gasteiger partial charge in [-0.25, -0.2) is 23.2 Å². The molecular weight excluding hydrogens is 542 g/mol. The number of urea groups is 1. The van der Waals surface area contributed by atoms with Crippen molar-refractivity contribution in [1.29, 1.82) is 0 Å². The zero-order chi connectivity index (χ0) is 30.5. The number of unbranched alkanes of at least 4 members (excludes halogenated alkanes) is 3. The van der Waals surface area contributed by atoms with Crippen LogP contribution in [0.25, 0.3) is 0 Å². The summed E-state index contributed by atoms with van der Waals surface area (Å²) in [6.07, 6.45) is 3.14. The van der Waals surface area contributed by atoms with E-state index >= 15 is 0 Å². The predicted octanol–water partition coefficient (Wildman–Crippen LogP) is 2.36. The van der Waals surface area contributed by atoms with Gasteiger partial charge in [-0.05, 0) is 43.9 Å². The lowest BCUT2D eigenvalue weighted by molar-refractivity contribution is -0.163. The number of esters is 2. The van der Waals surface area contributed by atoms with Crippen molar-refractivity contribution < 1.29 is 42.2 Å². The minimum absolute atomic E-state index is 0.0885. The maximum atomic E-state index is 13.8. The van der Waals surface area contributed by atoms with Crippen LogP contribution in [0.2, 0.25) is 0 Å². The van der Waals surface area contributed by atoms with Gasteiger partial charge in [0.25, 0.3) is 0 Å². The third-order valence-electron chi connectivity index (χ3n) is 6.75. The number of nitrogens with zero attached hydrogens (tertiary/aromatic N) is 1. The number of carbonyl (C=O) groups is 5. The number of benzene rings is 1. The highest BCUT2D eigenvalue weighted by molar-refractivity contribution is 5.91. The van der Waals surface area contributed by atoms with Crippen LogP contribution in [0.15, 0.2) is 18.2 Å². The summed E-state index contributed by atoms with van der Waals surface area (Å²) >= 11 is 0. The van der Waals surface area contributed by atoms with Crippen LogP contribution in [0.1, 0.15) is 64.9 Å². The fourth-order valence-electron chi connectivity index (χ4n) is 4.60. The van der Waals surface area contributed by atoms with Gasteiger partial charge in [-0.1, -0.05) is 26.2 Å². The third-order valence-corrected chi connectivity index (χ3v) is 6.75. The molecule has 1 saturated heterocycles. The van der Waals surface area contributed by atoms with Gasteiger partial charge in [-0.2, -0.15) is 0 Å². The smallest absolute Gasteiger partial charge is 0.332 e. The Hall–Kier alpha value is -3.77. The number of amides is 4. The van der Waals surface area contributed by atoms with Gasteiger partial charge >= 0.3 is 18.0 Å². The molecular formula is C28H40F2N4O7. The molecule has 1 unspecified atom stereocenters. The average molecular weight is 583 g/mol. The second-order valence-electron chi connectivity index (χ2n) is 10.0. The summed E-state index contributed by atoms with van der Waals surface area (Å²) in [5.41, 5.74) is 0.0885. The van der Waals surface area contributed by atoms with Crippen LogP contribution in [0.3, 0.4) is 0 Å². The van der Waals surface area contributed by atoms with Gasteiger partial charge in [0.15, 0.2) is 6.04 Å². The van der Waals surface area contributed by atoms with E-state index in [-0.39, 0.29) is 17.9 Å². The van der Waals surface area contributed by atoms with Crippen LogP contribution in [-0.4, -0.2) is 79.1 Å². The molecule has 4 amide bonds. The fraction of sp³-hybridized carbons (Fsp3) is 0.607. The van der Waals surface area contributed by atoms with E-state index in [1.54, 1.807) is 0 Å². The first kappa shape index (κ1) is 33.4. The van der Waals surface area contributed by atoms with Crippen molar-refractivity contribution >= 4 is 29.8 Å². The number of carbonyl (C=O) groups excluding carboxylic acids is 5. The van der Waals surface area contributed by atoms with Gasteiger partial charge in [0, 0.05) is 32.5 Å². The maximum Gasteiger partial charge on any atom is 0.332 e. The number of ether oxygens (including phenoxy) is 2. The molecule has 1 aliphatic heterocycles. The average Bonchev–Trinajstić information content (AvgIpc) is 3.41. The lowest BCUT2D eigenvalue weighted by Gasteiger charge is -2.28. The summed E-state index contributed by atoms with van der Waals surface area (Å²) < 4.78 is 37.9. The van der Waals surface area contributed by atoms with Gasteiger partial charge < -0.3 is 30.3 Å². The number of methoxy groups -OCH3 is 1. The highest BCUT2D eigenvalue weighted by Gasteiger charge is 2.38. The maximum absolute atomic E-state index is 13.8. The number of nitrogens with one attached hydrogen (secondary N) is 3. The van der Waals surface area contributed by atoms with Gasteiger partial charge in [-0.15, -0.1) is 0 Å². The second-order valence-corrected chi connectivity index (χ2v) is 10.0. The first-order chi connectivity index (χ1) is 19.5. The Kier molecular flexibility index (Phi) is 13.4. The van der Waals surface area contributed by atoms with E-state index in [0.29, 0.717) is 32.0 Å². The zero-order valence-corrected chi connectivity index (χ0v) is 24.0. The monoisotopic (exact) mass is 582 g/mol. The Morgan fingerprint density at radius 1 is 1.05 bits per heavy atom. The highest BCUT2D eigenvalue weighted by atomic mass is 19.1. The van der Waals surface area contributed by atoms with Crippen molar-refractivity contribution in [2.45, 2.75) is 89.9 Å². The third kappa shape index (κ3) is 10.6. The molecule has 0 bridgehead atoms. The van der Waals surface area contributed by atoms with Crippen LogP contribution >= 0.6 is 0 Å². The van der Waals surface area contributed by atoms with Crippen molar-refractivity contribution in [3.05, 3.63) is 35.4 Å². The summed E-state index contributed by atoms with van der Waals surface area (Å²) in [5.74, 6) is -4.55. The van der Waals surface area contributed by atoms with E-state index in [9.17, 15) is 32.8 Å². The van der Waals surface area contributed by atoms with Crippen molar-refractivity contribution in [3.8, 4) is 0 Å². The van der Waals surface area contributed by atoms with Crippen LogP contribution in [0.4, 0.5) is 13.6 Å². The molecule has 1 aromatic carbocycles. The Morgan fingerprint density at radius 2 is 1.73 bits per heavy atom. The molecule has 0 aromatic heterocycles. The van der Waals surface area contributed by atoms with Crippen molar-refractivity contribution in [1.82, 2.24) is 20.9 Å². The van der Waals surface area contributed by atoms with E-state index in [1.165, 1.54) is 18.7 Å². The van der Waals surface area contributed by atoms with Crippen molar-refractivity contribution in [2.75, 3.05) is 20.2 Å². The van der Waals surface area contributed by atoms with E-state index in [0.717, 1.165) is 44.9 Å². The number of rotatable bonds is 14. The lowest BCUT2D eigenvalue weighted by Crippen LogP contribution is -2.57. The Bertz CT molecular complexity index is 1070. The Labute approximate surface area is 238 Å². The summed E-state index contributed by atoms with van der Waals surface area (Å²) in [5, 5.41) is 7.57. The molecule has 0 aliphatic carbocycles. The first-order valence-electron chi connectivity index (χ1n) is 13.8. The molecule has 0 spiro atoms. The predicted molar refractivity (Wildman–Crippen MR) is 144 cm³/mol. The molecule has 11 nitrogen and oxygen atoms in total. The minimum Gasteiger partial charge on any atom is -0.467 e. The van der Waals surface area contributed by atoms with Crippen molar-refractivity contribution in [3.63, 3.8) is 0 Å². The SMILES string of the molecule is CCCCCCNC(=O)N[C@@H](Cc1cc(F)cc(F)c1)C(=O)N[C@H](C(=O)OC)[C@H](C)OC(=O)C1CCCN1C(C)=O. The van der Waals surface area contributed by atoms with E-state index in [1.807, 2.05) is 0 Å². The molecule has 13 heteroatoms. The van der Waals surface area contributed by atoms with E-state index in [4.69, 9.17) is 9.47 Å². The second kappa shape index (κ2) is 16.5. The summed E-state index contributed by atoms with van der Waals surface area (Å²) in [6.45, 7) is 5.52. The standard InChI is InChI=1S/C28H40F2N4O7/c1-5-6-7-8-11-31-28(39)32-22(15-19-13-20(29)16-21(30)14-19)25(36)33-24(27(38)40-4)17(2)41-26(37)23-10-9-12-34(23)18(3)35/h13-14,16-17,22-24H,5-12,15H2,1-4H3,(H,33,36)(H2,31,32,39)/t17-,22-,23?,24-/m0/s1. The number of halogens is 2. The summed E-state index contributed by atoms with van der Waals surface area (Å²) in [4.78, 5) is 64.5. The largest absolute Gasteiger partial charge is 0.467 e. The molecule has 1 aliphatic rings. The van der Waals surface area contributed by atoms with Crippen LogP contribution < -0.4 is 16.0 Å². The van der Waals surface area contributed by atoms with Crippen LogP contribution in [-0.2, 0) is 35.1 Å². The highest BCUT2D eigenvalue weighted by Crippen LogP contribution is 2.20. The van der Waals surface area contributed by atoms with Crippen molar-refractivity contribution in [2.24, 2.45) is 0 Å². The normalized spacial score (nSPS) is 16.7. The molecule has 0 saturated carbocycles. The van der Waals surface area contributed by atoms with Gasteiger partial charge in [-0.3, -0.25) is 9.59 Å². The molecule has 3 N–H and O–H groups in total. The van der Waals surface area contributed by atoms with E-state index in [2.05, 4.69) is 22.9 Å². The molecule has 1 fully saturated rings. The summed E-state index contributed by atoms with van der Waals surface area (Å²) in [7, 11) is 1.09. The van der Waals surface area contributed by atoms with E-state index < -0.39 is 59.7 Å². The molecule has 4 atom stereocenters. The molecule has 228 valence electrons. The molecule has 2 rings (SSSR count). The summed E-state index contributed by atoms with van der Waals surface area (Å²) in [6, 6.07) is -1.61. The zero-order valence-electron chi connectivity index (χ0n) is 24.0. The number of likely N-dealkylation sites (tertiary alicyclic amines) is 1. The molecule has 0 radical (unpaired) electrons. The van der Waals surface area contributed by atoms with Crippen LogP contribution in [0, 0.1) is 11.6 Å². The Morgan fingerprint density at radius 3 is 2.34 bits per heavy atom. The van der Waals surface area contributed by atoms with Gasteiger partial charge in [0.2, 0.25) is 11.8 Å². The minimum atomic E-state index is -1.48. The topological polar surface area (TPSA) is 143 Å². The van der Waals surface area contributed by atoms with Gasteiger partial charge in [0.1, 0.15) is 29.8 Å². The lowest BCUT2D eigenvalue weighted by atomic mass is 10.0.